The fraction of sp³-hybridized carbons (Fsp3) is 0.857. The van der Waals surface area contributed by atoms with Gasteiger partial charge in [0.2, 0.25) is 0 Å². The molecule has 6 nitrogen and oxygen atoms in total. The molecule has 0 aliphatic carbocycles. The van der Waals surface area contributed by atoms with E-state index in [9.17, 15) is 0 Å². The van der Waals surface area contributed by atoms with Gasteiger partial charge in [-0.2, -0.15) is 0 Å². The lowest BCUT2D eigenvalue weighted by Gasteiger charge is -2.43. The number of aromatic nitrogens is 3. The monoisotopic (exact) mass is 280 g/mol. The van der Waals surface area contributed by atoms with Gasteiger partial charge >= 0.3 is 0 Å². The molecule has 112 valence electrons. The third kappa shape index (κ3) is 3.02. The van der Waals surface area contributed by atoms with E-state index in [4.69, 9.17) is 9.47 Å². The first kappa shape index (κ1) is 14.0. The number of rotatable bonds is 4. The minimum atomic E-state index is 0.0482. The Hall–Kier alpha value is -0.980. The van der Waals surface area contributed by atoms with Gasteiger partial charge in [0, 0.05) is 32.4 Å². The Morgan fingerprint density at radius 1 is 1.40 bits per heavy atom. The summed E-state index contributed by atoms with van der Waals surface area (Å²) < 4.78 is 13.6. The van der Waals surface area contributed by atoms with Crippen molar-refractivity contribution in [1.82, 2.24) is 20.1 Å². The first-order valence-corrected chi connectivity index (χ1v) is 7.63. The zero-order valence-corrected chi connectivity index (χ0v) is 12.2. The van der Waals surface area contributed by atoms with Gasteiger partial charge < -0.3 is 19.4 Å². The van der Waals surface area contributed by atoms with Gasteiger partial charge in [0.05, 0.1) is 12.1 Å². The standard InChI is InChI=1S/C14H24N4O2/c1-2-18-11-16-17-13(18)10-15-12-3-6-20-14(9-12)4-7-19-8-5-14/h11-12,15H,2-10H2,1H3. The molecule has 2 aliphatic heterocycles. The van der Waals surface area contributed by atoms with Crippen LogP contribution in [0.5, 0.6) is 0 Å². The smallest absolute Gasteiger partial charge is 0.146 e. The number of ether oxygens (including phenoxy) is 2. The molecule has 0 radical (unpaired) electrons. The summed E-state index contributed by atoms with van der Waals surface area (Å²) in [5.74, 6) is 1.01. The molecule has 2 saturated heterocycles. The van der Waals surface area contributed by atoms with Crippen LogP contribution in [0.4, 0.5) is 0 Å². The van der Waals surface area contributed by atoms with Gasteiger partial charge in [-0.3, -0.25) is 0 Å². The highest BCUT2D eigenvalue weighted by Gasteiger charge is 2.38. The minimum absolute atomic E-state index is 0.0482. The summed E-state index contributed by atoms with van der Waals surface area (Å²) in [6.45, 7) is 6.31. The van der Waals surface area contributed by atoms with Crippen molar-refractivity contribution in [3.05, 3.63) is 12.2 Å². The topological polar surface area (TPSA) is 61.2 Å². The minimum Gasteiger partial charge on any atom is -0.381 e. The van der Waals surface area contributed by atoms with E-state index in [0.717, 1.165) is 64.4 Å². The Labute approximate surface area is 119 Å². The first-order chi connectivity index (χ1) is 9.81. The predicted molar refractivity (Wildman–Crippen MR) is 74.3 cm³/mol. The Kier molecular flexibility index (Phi) is 4.33. The van der Waals surface area contributed by atoms with E-state index in [2.05, 4.69) is 27.0 Å². The molecule has 1 aromatic rings. The SMILES string of the molecule is CCn1cnnc1CNC1CCOC2(CCOCC2)C1. The van der Waals surface area contributed by atoms with Crippen LogP contribution in [-0.4, -0.2) is 46.2 Å². The third-order valence-electron chi connectivity index (χ3n) is 4.48. The highest BCUT2D eigenvalue weighted by Crippen LogP contribution is 2.34. The van der Waals surface area contributed by atoms with Gasteiger partial charge in [-0.1, -0.05) is 0 Å². The van der Waals surface area contributed by atoms with Crippen molar-refractivity contribution in [3.8, 4) is 0 Å². The van der Waals surface area contributed by atoms with Crippen LogP contribution < -0.4 is 5.32 Å². The predicted octanol–water partition coefficient (Wildman–Crippen LogP) is 1.12. The van der Waals surface area contributed by atoms with Gasteiger partial charge in [-0.25, -0.2) is 0 Å². The van der Waals surface area contributed by atoms with E-state index in [0.29, 0.717) is 6.04 Å². The van der Waals surface area contributed by atoms with Gasteiger partial charge in [-0.15, -0.1) is 10.2 Å². The van der Waals surface area contributed by atoms with Crippen LogP contribution in [0, 0.1) is 0 Å². The second kappa shape index (κ2) is 6.20. The lowest BCUT2D eigenvalue weighted by atomic mass is 9.84. The molecule has 0 saturated carbocycles. The first-order valence-electron chi connectivity index (χ1n) is 7.63. The lowest BCUT2D eigenvalue weighted by molar-refractivity contribution is -0.140. The van der Waals surface area contributed by atoms with Crippen molar-refractivity contribution in [2.24, 2.45) is 0 Å². The van der Waals surface area contributed by atoms with Gasteiger partial charge in [0.25, 0.3) is 0 Å². The van der Waals surface area contributed by atoms with E-state index in [1.165, 1.54) is 0 Å². The van der Waals surface area contributed by atoms with Crippen LogP contribution in [0.2, 0.25) is 0 Å². The van der Waals surface area contributed by atoms with Crippen molar-refractivity contribution in [2.45, 2.75) is 57.3 Å². The summed E-state index contributed by atoms with van der Waals surface area (Å²) in [5.41, 5.74) is 0.0482. The molecule has 1 N–H and O–H groups in total. The maximum Gasteiger partial charge on any atom is 0.146 e. The summed E-state index contributed by atoms with van der Waals surface area (Å²) in [6.07, 6.45) is 5.99. The summed E-state index contributed by atoms with van der Waals surface area (Å²) in [6, 6.07) is 0.504. The van der Waals surface area contributed by atoms with Crippen LogP contribution in [0.1, 0.15) is 38.4 Å². The molecule has 1 spiro atoms. The molecule has 1 unspecified atom stereocenters. The number of hydrogen-bond acceptors (Lipinski definition) is 5. The maximum absolute atomic E-state index is 6.07. The van der Waals surface area contributed by atoms with Gasteiger partial charge in [-0.05, 0) is 32.6 Å². The maximum atomic E-state index is 6.07. The largest absolute Gasteiger partial charge is 0.381 e. The molecular formula is C14H24N4O2. The normalized spacial score (nSPS) is 25.9. The van der Waals surface area contributed by atoms with E-state index in [-0.39, 0.29) is 5.60 Å². The Bertz CT molecular complexity index is 423. The Morgan fingerprint density at radius 3 is 3.05 bits per heavy atom. The molecule has 3 rings (SSSR count). The summed E-state index contributed by atoms with van der Waals surface area (Å²) in [5, 5.41) is 11.8. The van der Waals surface area contributed by atoms with Crippen molar-refractivity contribution in [1.29, 1.82) is 0 Å². The molecule has 2 fully saturated rings. The fourth-order valence-corrected chi connectivity index (χ4v) is 3.21. The van der Waals surface area contributed by atoms with E-state index < -0.39 is 0 Å². The number of hydrogen-bond donors (Lipinski definition) is 1. The zero-order valence-electron chi connectivity index (χ0n) is 12.2. The van der Waals surface area contributed by atoms with Crippen LogP contribution in [-0.2, 0) is 22.6 Å². The summed E-state index contributed by atoms with van der Waals surface area (Å²) in [4.78, 5) is 0. The van der Waals surface area contributed by atoms with E-state index in [1.54, 1.807) is 6.33 Å². The lowest BCUT2D eigenvalue weighted by Crippen LogP contribution is -2.49. The van der Waals surface area contributed by atoms with E-state index >= 15 is 0 Å². The molecule has 0 amide bonds. The molecular weight excluding hydrogens is 256 g/mol. The Balaban J connectivity index is 1.55. The third-order valence-corrected chi connectivity index (χ3v) is 4.48. The fourth-order valence-electron chi connectivity index (χ4n) is 3.21. The zero-order chi connectivity index (χ0) is 13.8. The van der Waals surface area contributed by atoms with Crippen LogP contribution in [0.15, 0.2) is 6.33 Å². The highest BCUT2D eigenvalue weighted by molar-refractivity contribution is 4.93. The van der Waals surface area contributed by atoms with Gasteiger partial charge in [0.15, 0.2) is 0 Å². The van der Waals surface area contributed by atoms with Crippen molar-refractivity contribution >= 4 is 0 Å². The van der Waals surface area contributed by atoms with Crippen molar-refractivity contribution in [3.63, 3.8) is 0 Å². The summed E-state index contributed by atoms with van der Waals surface area (Å²) in [7, 11) is 0. The Morgan fingerprint density at radius 2 is 2.25 bits per heavy atom. The number of nitrogens with one attached hydrogen (secondary N) is 1. The molecule has 6 heteroatoms. The molecule has 3 heterocycles. The molecule has 20 heavy (non-hydrogen) atoms. The molecule has 2 aliphatic rings. The second-order valence-corrected chi connectivity index (χ2v) is 5.75. The van der Waals surface area contributed by atoms with Crippen LogP contribution in [0.25, 0.3) is 0 Å². The summed E-state index contributed by atoms with van der Waals surface area (Å²) >= 11 is 0. The molecule has 0 bridgehead atoms. The average molecular weight is 280 g/mol. The van der Waals surface area contributed by atoms with E-state index in [1.807, 2.05) is 0 Å². The number of nitrogens with zero attached hydrogens (tertiary/aromatic N) is 3. The molecule has 0 aromatic carbocycles. The van der Waals surface area contributed by atoms with Crippen molar-refractivity contribution < 1.29 is 9.47 Å². The van der Waals surface area contributed by atoms with Gasteiger partial charge in [0.1, 0.15) is 12.2 Å². The second-order valence-electron chi connectivity index (χ2n) is 5.75. The number of aryl methyl sites for hydroxylation is 1. The molecule has 1 atom stereocenters. The van der Waals surface area contributed by atoms with Crippen molar-refractivity contribution in [2.75, 3.05) is 19.8 Å². The molecule has 1 aromatic heterocycles. The van der Waals surface area contributed by atoms with Crippen LogP contribution >= 0.6 is 0 Å². The van der Waals surface area contributed by atoms with Crippen LogP contribution in [0.3, 0.4) is 0 Å². The quantitative estimate of drug-likeness (QED) is 0.895. The highest BCUT2D eigenvalue weighted by atomic mass is 16.5. The average Bonchev–Trinajstić information content (AvgIpc) is 2.93.